The van der Waals surface area contributed by atoms with Crippen molar-refractivity contribution in [3.8, 4) is 0 Å². The topological polar surface area (TPSA) is 66.4 Å². The molecule has 1 saturated heterocycles. The van der Waals surface area contributed by atoms with Gasteiger partial charge < -0.3 is 10.4 Å². The summed E-state index contributed by atoms with van der Waals surface area (Å²) in [5, 5.41) is 12.8. The van der Waals surface area contributed by atoms with Crippen LogP contribution in [0, 0.1) is 23.7 Å². The van der Waals surface area contributed by atoms with Gasteiger partial charge in [-0.1, -0.05) is 12.2 Å². The lowest BCUT2D eigenvalue weighted by molar-refractivity contribution is -0.147. The van der Waals surface area contributed by atoms with Crippen molar-refractivity contribution in [3.05, 3.63) is 12.2 Å². The number of carboxylic acid groups (broad SMARTS) is 1. The Morgan fingerprint density at radius 3 is 2.63 bits per heavy atom. The Balaban J connectivity index is 1.62. The number of allylic oxidation sites excluding steroid dienone is 2. The second-order valence-corrected chi connectivity index (χ2v) is 7.13. The number of nitrogens with one attached hydrogen (secondary N) is 1. The van der Waals surface area contributed by atoms with Crippen LogP contribution in [0.25, 0.3) is 0 Å². The first-order valence-electron chi connectivity index (χ1n) is 6.97. The fourth-order valence-electron chi connectivity index (χ4n) is 3.65. The molecule has 0 spiro atoms. The number of thioether (sulfide) groups is 1. The van der Waals surface area contributed by atoms with E-state index in [1.807, 2.05) is 23.9 Å². The van der Waals surface area contributed by atoms with Crippen molar-refractivity contribution >= 4 is 23.6 Å². The van der Waals surface area contributed by atoms with Crippen LogP contribution in [0.5, 0.6) is 0 Å². The van der Waals surface area contributed by atoms with E-state index in [0.29, 0.717) is 11.8 Å². The molecule has 0 aromatic heterocycles. The lowest BCUT2D eigenvalue weighted by Crippen LogP contribution is -2.42. The third kappa shape index (κ3) is 2.40. The normalized spacial score (nSPS) is 39.7. The van der Waals surface area contributed by atoms with Gasteiger partial charge in [-0.15, -0.1) is 0 Å². The molecule has 5 atom stereocenters. The summed E-state index contributed by atoms with van der Waals surface area (Å²) in [6, 6.07) is 0. The van der Waals surface area contributed by atoms with Crippen molar-refractivity contribution < 1.29 is 14.7 Å². The second kappa shape index (κ2) is 5.19. The molecule has 2 aliphatic carbocycles. The van der Waals surface area contributed by atoms with Crippen LogP contribution < -0.4 is 5.32 Å². The molecule has 0 radical (unpaired) electrons. The van der Waals surface area contributed by atoms with Crippen molar-refractivity contribution in [2.75, 3.05) is 12.3 Å². The molecular formula is C14H19NO3S. The molecule has 104 valence electrons. The highest BCUT2D eigenvalue weighted by Crippen LogP contribution is 2.48. The van der Waals surface area contributed by atoms with Gasteiger partial charge in [-0.05, 0) is 36.9 Å². The number of hydrogen-bond acceptors (Lipinski definition) is 3. The minimum Gasteiger partial charge on any atom is -0.481 e. The van der Waals surface area contributed by atoms with Gasteiger partial charge >= 0.3 is 5.97 Å². The lowest BCUT2D eigenvalue weighted by atomic mass is 9.82. The Morgan fingerprint density at radius 1 is 1.26 bits per heavy atom. The quantitative estimate of drug-likeness (QED) is 0.767. The summed E-state index contributed by atoms with van der Waals surface area (Å²) in [5.41, 5.74) is 0. The molecule has 2 N–H and O–H groups in total. The highest BCUT2D eigenvalue weighted by Gasteiger charge is 2.51. The van der Waals surface area contributed by atoms with Gasteiger partial charge in [-0.25, -0.2) is 0 Å². The van der Waals surface area contributed by atoms with E-state index in [9.17, 15) is 14.7 Å². The van der Waals surface area contributed by atoms with E-state index in [0.717, 1.165) is 12.8 Å². The maximum atomic E-state index is 12.3. The molecule has 1 amide bonds. The molecule has 5 unspecified atom stereocenters. The van der Waals surface area contributed by atoms with E-state index >= 15 is 0 Å². The van der Waals surface area contributed by atoms with Crippen molar-refractivity contribution in [2.24, 2.45) is 23.7 Å². The Hall–Kier alpha value is -0.970. The maximum Gasteiger partial charge on any atom is 0.307 e. The first-order valence-corrected chi connectivity index (χ1v) is 8.02. The summed E-state index contributed by atoms with van der Waals surface area (Å²) in [7, 11) is 0. The van der Waals surface area contributed by atoms with Gasteiger partial charge in [0.2, 0.25) is 5.91 Å². The highest BCUT2D eigenvalue weighted by atomic mass is 32.2. The lowest BCUT2D eigenvalue weighted by Gasteiger charge is -2.24. The smallest absolute Gasteiger partial charge is 0.307 e. The minimum absolute atomic E-state index is 0.0547. The third-order valence-corrected chi connectivity index (χ3v) is 5.97. The molecular weight excluding hydrogens is 262 g/mol. The Morgan fingerprint density at radius 2 is 2.00 bits per heavy atom. The summed E-state index contributed by atoms with van der Waals surface area (Å²) in [6.45, 7) is 0.688. The molecule has 1 heterocycles. The fourth-order valence-corrected chi connectivity index (χ4v) is 4.86. The van der Waals surface area contributed by atoms with E-state index in [1.54, 1.807) is 0 Å². The second-order valence-electron chi connectivity index (χ2n) is 5.72. The van der Waals surface area contributed by atoms with Gasteiger partial charge in [-0.2, -0.15) is 11.8 Å². The van der Waals surface area contributed by atoms with Crippen LogP contribution in [0.3, 0.4) is 0 Å². The number of rotatable bonds is 4. The SMILES string of the molecule is O=C(O)C1C2C=CC(C2)C1C(=O)NCC1CCCS1. The van der Waals surface area contributed by atoms with Crippen LogP contribution in [0.4, 0.5) is 0 Å². The molecule has 19 heavy (non-hydrogen) atoms. The van der Waals surface area contributed by atoms with E-state index in [-0.39, 0.29) is 23.7 Å². The zero-order valence-corrected chi connectivity index (χ0v) is 11.6. The number of amides is 1. The average molecular weight is 281 g/mol. The first-order chi connectivity index (χ1) is 9.16. The summed E-state index contributed by atoms with van der Waals surface area (Å²) < 4.78 is 0. The van der Waals surface area contributed by atoms with Crippen LogP contribution >= 0.6 is 11.8 Å². The zero-order chi connectivity index (χ0) is 13.4. The van der Waals surface area contributed by atoms with Crippen LogP contribution in [0.15, 0.2) is 12.2 Å². The van der Waals surface area contributed by atoms with E-state index in [1.165, 1.54) is 12.2 Å². The summed E-state index contributed by atoms with van der Waals surface area (Å²) in [6.07, 6.45) is 7.20. The van der Waals surface area contributed by atoms with E-state index in [4.69, 9.17) is 0 Å². The fraction of sp³-hybridized carbons (Fsp3) is 0.714. The van der Waals surface area contributed by atoms with E-state index in [2.05, 4.69) is 5.32 Å². The van der Waals surface area contributed by atoms with Crippen LogP contribution in [0.2, 0.25) is 0 Å². The van der Waals surface area contributed by atoms with Crippen molar-refractivity contribution in [2.45, 2.75) is 24.5 Å². The van der Waals surface area contributed by atoms with Crippen LogP contribution in [-0.4, -0.2) is 34.5 Å². The number of hydrogen-bond donors (Lipinski definition) is 2. The largest absolute Gasteiger partial charge is 0.481 e. The Kier molecular flexibility index (Phi) is 3.56. The molecule has 0 aromatic carbocycles. The zero-order valence-electron chi connectivity index (χ0n) is 10.7. The molecule has 2 fully saturated rings. The van der Waals surface area contributed by atoms with E-state index < -0.39 is 11.9 Å². The van der Waals surface area contributed by atoms with Crippen molar-refractivity contribution in [3.63, 3.8) is 0 Å². The molecule has 1 aliphatic heterocycles. The third-order valence-electron chi connectivity index (χ3n) is 4.58. The van der Waals surface area contributed by atoms with Gasteiger partial charge in [0, 0.05) is 11.8 Å². The maximum absolute atomic E-state index is 12.3. The number of carboxylic acids is 1. The Bertz CT molecular complexity index is 417. The molecule has 2 bridgehead atoms. The number of fused-ring (bicyclic) bond motifs is 2. The predicted molar refractivity (Wildman–Crippen MR) is 73.8 cm³/mol. The van der Waals surface area contributed by atoms with Crippen LogP contribution in [0.1, 0.15) is 19.3 Å². The highest BCUT2D eigenvalue weighted by molar-refractivity contribution is 8.00. The molecule has 3 aliphatic rings. The summed E-state index contributed by atoms with van der Waals surface area (Å²) >= 11 is 1.90. The number of carbonyl (C=O) groups is 2. The number of aliphatic carboxylic acids is 1. The molecule has 5 heteroatoms. The summed E-state index contributed by atoms with van der Waals surface area (Å²) in [5.74, 6) is -0.412. The minimum atomic E-state index is -0.827. The predicted octanol–water partition coefficient (Wildman–Crippen LogP) is 1.52. The standard InChI is InChI=1S/C14H19NO3S/c16-13(15-7-10-2-1-5-19-10)11-8-3-4-9(6-8)12(11)14(17)18/h3-4,8-12H,1-2,5-7H2,(H,15,16)(H,17,18). The van der Waals surface area contributed by atoms with Gasteiger partial charge in [0.05, 0.1) is 11.8 Å². The van der Waals surface area contributed by atoms with Crippen molar-refractivity contribution in [1.82, 2.24) is 5.32 Å². The summed E-state index contributed by atoms with van der Waals surface area (Å²) in [4.78, 5) is 23.6. The van der Waals surface area contributed by atoms with Crippen LogP contribution in [-0.2, 0) is 9.59 Å². The molecule has 1 saturated carbocycles. The monoisotopic (exact) mass is 281 g/mol. The number of carbonyl (C=O) groups excluding carboxylic acids is 1. The van der Waals surface area contributed by atoms with Gasteiger partial charge in [0.1, 0.15) is 0 Å². The Labute approximate surface area is 117 Å². The van der Waals surface area contributed by atoms with Gasteiger partial charge in [0.25, 0.3) is 0 Å². The van der Waals surface area contributed by atoms with Crippen molar-refractivity contribution in [1.29, 1.82) is 0 Å². The molecule has 0 aromatic rings. The van der Waals surface area contributed by atoms with Gasteiger partial charge in [0.15, 0.2) is 0 Å². The first kappa shape index (κ1) is 13.0. The van der Waals surface area contributed by atoms with Gasteiger partial charge in [-0.3, -0.25) is 9.59 Å². The molecule has 4 nitrogen and oxygen atoms in total. The molecule has 3 rings (SSSR count). The average Bonchev–Trinajstić information content (AvgIpc) is 3.10.